The lowest BCUT2D eigenvalue weighted by Gasteiger charge is -2.33. The number of hydrogen-bond donors (Lipinski definition) is 0. The summed E-state index contributed by atoms with van der Waals surface area (Å²) >= 11 is 0. The minimum Gasteiger partial charge on any atom is -0.489 e. The standard InChI is InChI=1S/C27H31N3O6S/c1-37(34,35)29-13-11-28(12-14-29)16-19-5-7-20(8-6-19)18-36-26-4-2-3-22-23(26)17-30(27(22)33)24-10-9-21(31)15-25(24)32/h2-8,24H,9-18H2,1H3. The number of ketones is 2. The van der Waals surface area contributed by atoms with Crippen molar-refractivity contribution in [2.45, 2.75) is 45.0 Å². The lowest BCUT2D eigenvalue weighted by Crippen LogP contribution is -2.47. The number of rotatable bonds is 7. The van der Waals surface area contributed by atoms with Crippen LogP contribution in [-0.4, -0.2) is 78.5 Å². The number of benzene rings is 2. The molecule has 2 fully saturated rings. The van der Waals surface area contributed by atoms with Crippen molar-refractivity contribution in [3.63, 3.8) is 0 Å². The van der Waals surface area contributed by atoms with Gasteiger partial charge in [-0.05, 0) is 29.7 Å². The Bertz CT molecular complexity index is 1320. The molecule has 1 amide bonds. The van der Waals surface area contributed by atoms with Crippen molar-refractivity contribution in [2.24, 2.45) is 0 Å². The topological polar surface area (TPSA) is 104 Å². The molecule has 5 rings (SSSR count). The van der Waals surface area contributed by atoms with E-state index in [9.17, 15) is 22.8 Å². The molecule has 0 spiro atoms. The molecule has 1 aliphatic carbocycles. The molecule has 9 nitrogen and oxygen atoms in total. The van der Waals surface area contributed by atoms with Gasteiger partial charge in [0.05, 0.1) is 25.3 Å². The van der Waals surface area contributed by atoms with Crippen LogP contribution in [0.25, 0.3) is 0 Å². The van der Waals surface area contributed by atoms with Gasteiger partial charge >= 0.3 is 0 Å². The van der Waals surface area contributed by atoms with Gasteiger partial charge in [0.25, 0.3) is 5.91 Å². The predicted molar refractivity (Wildman–Crippen MR) is 136 cm³/mol. The summed E-state index contributed by atoms with van der Waals surface area (Å²) in [5.74, 6) is 0.197. The molecule has 2 aromatic carbocycles. The number of ether oxygens (including phenoxy) is 1. The normalized spacial score (nSPS) is 21.4. The van der Waals surface area contributed by atoms with E-state index >= 15 is 0 Å². The second-order valence-electron chi connectivity index (χ2n) is 9.99. The third-order valence-corrected chi connectivity index (χ3v) is 8.70. The van der Waals surface area contributed by atoms with Gasteiger partial charge in [-0.25, -0.2) is 8.42 Å². The Morgan fingerprint density at radius 2 is 1.65 bits per heavy atom. The SMILES string of the molecule is CS(=O)(=O)N1CCN(Cc2ccc(COc3cccc4c3CN(C3CCC(=O)CC3=O)C4=O)cc2)CC1. The third kappa shape index (κ3) is 5.61. The molecule has 3 aliphatic rings. The van der Waals surface area contributed by atoms with Crippen LogP contribution >= 0.6 is 0 Å². The number of amides is 1. The van der Waals surface area contributed by atoms with Crippen LogP contribution in [0.1, 0.15) is 46.3 Å². The molecule has 10 heteroatoms. The molecule has 0 aromatic heterocycles. The first-order chi connectivity index (χ1) is 17.7. The van der Waals surface area contributed by atoms with Gasteiger partial charge in [-0.2, -0.15) is 4.31 Å². The highest BCUT2D eigenvalue weighted by Gasteiger charge is 2.40. The zero-order chi connectivity index (χ0) is 26.2. The van der Waals surface area contributed by atoms with Gasteiger partial charge in [0.2, 0.25) is 10.0 Å². The lowest BCUT2D eigenvalue weighted by molar-refractivity contribution is -0.133. The van der Waals surface area contributed by atoms with Crippen molar-refractivity contribution in [3.05, 3.63) is 64.7 Å². The van der Waals surface area contributed by atoms with Crippen LogP contribution in [0.5, 0.6) is 5.75 Å². The van der Waals surface area contributed by atoms with Crippen LogP contribution in [0.3, 0.4) is 0 Å². The van der Waals surface area contributed by atoms with Gasteiger partial charge in [0, 0.05) is 50.3 Å². The molecule has 0 radical (unpaired) electrons. The Morgan fingerprint density at radius 3 is 2.32 bits per heavy atom. The lowest BCUT2D eigenvalue weighted by atomic mass is 9.92. The highest BCUT2D eigenvalue weighted by atomic mass is 32.2. The molecular weight excluding hydrogens is 494 g/mol. The number of piperazine rings is 1. The number of Topliss-reactive ketones (excluding diaryl/α,β-unsaturated/α-hetero) is 2. The summed E-state index contributed by atoms with van der Waals surface area (Å²) in [6.07, 6.45) is 1.86. The Labute approximate surface area is 217 Å². The minimum absolute atomic E-state index is 0.0602. The summed E-state index contributed by atoms with van der Waals surface area (Å²) in [5, 5.41) is 0. The molecule has 1 saturated carbocycles. The number of carbonyl (C=O) groups is 3. The second-order valence-corrected chi connectivity index (χ2v) is 12.0. The minimum atomic E-state index is -3.13. The van der Waals surface area contributed by atoms with E-state index in [1.54, 1.807) is 17.0 Å². The first-order valence-corrected chi connectivity index (χ1v) is 14.4. The van der Waals surface area contributed by atoms with Crippen molar-refractivity contribution in [2.75, 3.05) is 32.4 Å². The van der Waals surface area contributed by atoms with Crippen LogP contribution in [-0.2, 0) is 39.3 Å². The van der Waals surface area contributed by atoms with Crippen molar-refractivity contribution < 1.29 is 27.5 Å². The quantitative estimate of drug-likeness (QED) is 0.509. The van der Waals surface area contributed by atoms with Crippen LogP contribution < -0.4 is 4.74 Å². The summed E-state index contributed by atoms with van der Waals surface area (Å²) in [4.78, 5) is 40.9. The van der Waals surface area contributed by atoms with E-state index in [0.717, 1.165) is 23.2 Å². The summed E-state index contributed by atoms with van der Waals surface area (Å²) in [6.45, 7) is 3.84. The number of hydrogen-bond acceptors (Lipinski definition) is 7. The van der Waals surface area contributed by atoms with E-state index in [0.29, 0.717) is 63.5 Å². The highest BCUT2D eigenvalue weighted by Crippen LogP contribution is 2.34. The Morgan fingerprint density at radius 1 is 0.946 bits per heavy atom. The first-order valence-electron chi connectivity index (χ1n) is 12.5. The van der Waals surface area contributed by atoms with E-state index < -0.39 is 16.1 Å². The molecule has 0 bridgehead atoms. The number of sulfonamides is 1. The van der Waals surface area contributed by atoms with Gasteiger partial charge in [0.1, 0.15) is 18.1 Å². The molecule has 0 N–H and O–H groups in total. The Balaban J connectivity index is 1.18. The molecular formula is C27H31N3O6S. The maximum atomic E-state index is 13.0. The zero-order valence-corrected chi connectivity index (χ0v) is 21.7. The van der Waals surface area contributed by atoms with Crippen molar-refractivity contribution in [1.82, 2.24) is 14.1 Å². The average molecular weight is 526 g/mol. The van der Waals surface area contributed by atoms with Crippen LogP contribution in [0, 0.1) is 0 Å². The highest BCUT2D eigenvalue weighted by molar-refractivity contribution is 7.88. The smallest absolute Gasteiger partial charge is 0.255 e. The fraction of sp³-hybridized carbons (Fsp3) is 0.444. The Hall–Kier alpha value is -3.08. The molecule has 2 aromatic rings. The zero-order valence-electron chi connectivity index (χ0n) is 20.9. The van der Waals surface area contributed by atoms with E-state index in [1.807, 2.05) is 18.2 Å². The molecule has 1 unspecified atom stereocenters. The molecule has 1 atom stereocenters. The summed E-state index contributed by atoms with van der Waals surface area (Å²) in [5.41, 5.74) is 3.47. The largest absolute Gasteiger partial charge is 0.489 e. The molecule has 1 saturated heterocycles. The van der Waals surface area contributed by atoms with E-state index in [-0.39, 0.29) is 23.9 Å². The van der Waals surface area contributed by atoms with Gasteiger partial charge < -0.3 is 9.64 Å². The van der Waals surface area contributed by atoms with Crippen LogP contribution in [0.4, 0.5) is 0 Å². The van der Waals surface area contributed by atoms with Crippen molar-refractivity contribution >= 4 is 27.5 Å². The fourth-order valence-corrected chi connectivity index (χ4v) is 6.11. The van der Waals surface area contributed by atoms with Gasteiger partial charge in [-0.15, -0.1) is 0 Å². The Kier molecular flexibility index (Phi) is 7.15. The molecule has 2 heterocycles. The molecule has 196 valence electrons. The van der Waals surface area contributed by atoms with Crippen LogP contribution in [0.2, 0.25) is 0 Å². The summed E-state index contributed by atoms with van der Waals surface area (Å²) in [6, 6.07) is 13.0. The van der Waals surface area contributed by atoms with Gasteiger partial charge in [-0.3, -0.25) is 19.3 Å². The van der Waals surface area contributed by atoms with Crippen molar-refractivity contribution in [1.29, 1.82) is 0 Å². The van der Waals surface area contributed by atoms with Crippen molar-refractivity contribution in [3.8, 4) is 5.75 Å². The summed E-state index contributed by atoms with van der Waals surface area (Å²) in [7, 11) is -3.13. The van der Waals surface area contributed by atoms with Gasteiger partial charge in [0.15, 0.2) is 5.78 Å². The maximum Gasteiger partial charge on any atom is 0.255 e. The van der Waals surface area contributed by atoms with E-state index in [4.69, 9.17) is 4.74 Å². The number of nitrogens with zero attached hydrogens (tertiary/aromatic N) is 3. The molecule has 37 heavy (non-hydrogen) atoms. The maximum absolute atomic E-state index is 13.0. The monoisotopic (exact) mass is 525 g/mol. The molecule has 2 aliphatic heterocycles. The fourth-order valence-electron chi connectivity index (χ4n) is 5.28. The van der Waals surface area contributed by atoms with E-state index in [2.05, 4.69) is 17.0 Å². The first kappa shape index (κ1) is 25.6. The average Bonchev–Trinajstić information content (AvgIpc) is 3.20. The second kappa shape index (κ2) is 10.4. The van der Waals surface area contributed by atoms with Gasteiger partial charge in [-0.1, -0.05) is 30.3 Å². The van der Waals surface area contributed by atoms with E-state index in [1.165, 1.54) is 10.6 Å². The third-order valence-electron chi connectivity index (χ3n) is 7.39. The number of fused-ring (bicyclic) bond motifs is 1. The number of carbonyl (C=O) groups excluding carboxylic acids is 3. The predicted octanol–water partition coefficient (Wildman–Crippen LogP) is 1.99. The van der Waals surface area contributed by atoms with Crippen LogP contribution in [0.15, 0.2) is 42.5 Å². The summed E-state index contributed by atoms with van der Waals surface area (Å²) < 4.78 is 31.0.